The number of carbonyl (C=O) groups excluding carboxylic acids is 1. The SMILES string of the molecule is CCOC(=O)C1=C(C)N=c2s/c(=C\c3ccc(Br)o3)c(=O)n2[C@H]1c1ccc2c(c1)OCO2. The van der Waals surface area contributed by atoms with Gasteiger partial charge in [-0.15, -0.1) is 0 Å². The fourth-order valence-electron chi connectivity index (χ4n) is 3.73. The Kier molecular flexibility index (Phi) is 5.26. The highest BCUT2D eigenvalue weighted by molar-refractivity contribution is 9.10. The Morgan fingerprint density at radius 2 is 2.12 bits per heavy atom. The zero-order valence-corrected chi connectivity index (χ0v) is 19.5. The van der Waals surface area contributed by atoms with Crippen LogP contribution in [-0.4, -0.2) is 23.9 Å². The van der Waals surface area contributed by atoms with Crippen molar-refractivity contribution in [3.8, 4) is 11.5 Å². The van der Waals surface area contributed by atoms with Crippen LogP contribution in [0, 0.1) is 0 Å². The lowest BCUT2D eigenvalue weighted by atomic mass is 9.95. The number of ether oxygens (including phenoxy) is 3. The minimum Gasteiger partial charge on any atom is -0.463 e. The van der Waals surface area contributed by atoms with Crippen molar-refractivity contribution in [2.75, 3.05) is 13.4 Å². The predicted octanol–water partition coefficient (Wildman–Crippen LogP) is 2.88. The Balaban J connectivity index is 1.73. The van der Waals surface area contributed by atoms with Crippen LogP contribution in [0.2, 0.25) is 0 Å². The second-order valence-corrected chi connectivity index (χ2v) is 8.85. The number of allylic oxidation sites excluding steroid dienone is 1. The number of carbonyl (C=O) groups is 1. The lowest BCUT2D eigenvalue weighted by molar-refractivity contribution is -0.139. The van der Waals surface area contributed by atoms with Crippen LogP contribution in [0.15, 0.2) is 60.5 Å². The number of benzene rings is 1. The highest BCUT2D eigenvalue weighted by Crippen LogP contribution is 2.38. The molecule has 1 atom stereocenters. The molecule has 2 aromatic heterocycles. The van der Waals surface area contributed by atoms with Crippen LogP contribution in [0.5, 0.6) is 11.5 Å². The summed E-state index contributed by atoms with van der Waals surface area (Å²) in [4.78, 5) is 31.4. The van der Waals surface area contributed by atoms with Crippen molar-refractivity contribution in [3.63, 3.8) is 0 Å². The van der Waals surface area contributed by atoms with E-state index < -0.39 is 12.0 Å². The molecule has 32 heavy (non-hydrogen) atoms. The largest absolute Gasteiger partial charge is 0.463 e. The van der Waals surface area contributed by atoms with Gasteiger partial charge in [-0.25, -0.2) is 9.79 Å². The second-order valence-electron chi connectivity index (χ2n) is 7.06. The van der Waals surface area contributed by atoms with E-state index in [0.29, 0.717) is 48.1 Å². The first-order chi connectivity index (χ1) is 15.5. The minimum absolute atomic E-state index is 0.125. The first kappa shape index (κ1) is 20.8. The zero-order chi connectivity index (χ0) is 22.4. The van der Waals surface area contributed by atoms with Gasteiger partial charge in [0.25, 0.3) is 5.56 Å². The molecule has 2 aliphatic rings. The molecule has 5 rings (SSSR count). The van der Waals surface area contributed by atoms with Gasteiger partial charge in [-0.1, -0.05) is 17.4 Å². The highest BCUT2D eigenvalue weighted by Gasteiger charge is 2.34. The molecule has 2 aliphatic heterocycles. The molecule has 0 radical (unpaired) electrons. The third-order valence-electron chi connectivity index (χ3n) is 5.10. The van der Waals surface area contributed by atoms with E-state index >= 15 is 0 Å². The molecular weight excluding hydrogens is 500 g/mol. The van der Waals surface area contributed by atoms with Gasteiger partial charge < -0.3 is 18.6 Å². The number of hydrogen-bond acceptors (Lipinski definition) is 8. The summed E-state index contributed by atoms with van der Waals surface area (Å²) in [7, 11) is 0. The van der Waals surface area contributed by atoms with Crippen molar-refractivity contribution in [1.29, 1.82) is 0 Å². The molecule has 0 unspecified atom stereocenters. The van der Waals surface area contributed by atoms with Gasteiger partial charge in [0.05, 0.1) is 28.5 Å². The van der Waals surface area contributed by atoms with Crippen molar-refractivity contribution in [1.82, 2.24) is 4.57 Å². The van der Waals surface area contributed by atoms with Crippen LogP contribution in [0.4, 0.5) is 0 Å². The quantitative estimate of drug-likeness (QED) is 0.495. The van der Waals surface area contributed by atoms with Gasteiger partial charge in [0.2, 0.25) is 6.79 Å². The van der Waals surface area contributed by atoms with E-state index in [9.17, 15) is 9.59 Å². The molecule has 0 saturated heterocycles. The summed E-state index contributed by atoms with van der Waals surface area (Å²) < 4.78 is 24.3. The van der Waals surface area contributed by atoms with Gasteiger partial charge >= 0.3 is 5.97 Å². The fraction of sp³-hybridized carbons (Fsp3) is 0.227. The van der Waals surface area contributed by atoms with Gasteiger partial charge in [0, 0.05) is 6.08 Å². The number of rotatable bonds is 4. The highest BCUT2D eigenvalue weighted by atomic mass is 79.9. The molecule has 8 nitrogen and oxygen atoms in total. The van der Waals surface area contributed by atoms with E-state index in [-0.39, 0.29) is 19.0 Å². The number of furan rings is 1. The fourth-order valence-corrected chi connectivity index (χ4v) is 5.07. The van der Waals surface area contributed by atoms with Crippen LogP contribution in [0.1, 0.15) is 31.2 Å². The Morgan fingerprint density at radius 1 is 1.31 bits per heavy atom. The third kappa shape index (κ3) is 3.49. The van der Waals surface area contributed by atoms with Crippen LogP contribution in [0.25, 0.3) is 6.08 Å². The Labute approximate surface area is 194 Å². The zero-order valence-electron chi connectivity index (χ0n) is 17.1. The van der Waals surface area contributed by atoms with Crippen molar-refractivity contribution in [3.05, 3.63) is 77.3 Å². The Bertz CT molecular complexity index is 1450. The summed E-state index contributed by atoms with van der Waals surface area (Å²) in [5, 5.41) is 0. The topological polar surface area (TPSA) is 92.3 Å². The number of nitrogens with zero attached hydrogens (tertiary/aromatic N) is 2. The monoisotopic (exact) mass is 516 g/mol. The maximum atomic E-state index is 13.5. The number of esters is 1. The number of halogens is 1. The van der Waals surface area contributed by atoms with Crippen molar-refractivity contribution >= 4 is 39.3 Å². The molecule has 10 heteroatoms. The van der Waals surface area contributed by atoms with E-state index in [0.717, 1.165) is 0 Å². The number of hydrogen-bond donors (Lipinski definition) is 0. The average molecular weight is 517 g/mol. The van der Waals surface area contributed by atoms with Gasteiger partial charge in [-0.2, -0.15) is 0 Å². The van der Waals surface area contributed by atoms with Gasteiger partial charge in [-0.3, -0.25) is 9.36 Å². The van der Waals surface area contributed by atoms with E-state index in [1.54, 1.807) is 44.2 Å². The molecule has 0 fully saturated rings. The number of fused-ring (bicyclic) bond motifs is 2. The summed E-state index contributed by atoms with van der Waals surface area (Å²) in [6, 6.07) is 8.16. The molecule has 0 aliphatic carbocycles. The van der Waals surface area contributed by atoms with E-state index in [2.05, 4.69) is 20.9 Å². The van der Waals surface area contributed by atoms with Crippen molar-refractivity contribution in [2.24, 2.45) is 4.99 Å². The Morgan fingerprint density at radius 3 is 2.88 bits per heavy atom. The summed E-state index contributed by atoms with van der Waals surface area (Å²) in [5.74, 6) is 1.19. The normalized spacial score (nSPS) is 17.3. The minimum atomic E-state index is -0.717. The molecule has 0 N–H and O–H groups in total. The molecule has 0 amide bonds. The molecule has 4 heterocycles. The molecule has 3 aromatic rings. The Hall–Kier alpha value is -3.11. The molecule has 164 valence electrons. The lowest BCUT2D eigenvalue weighted by Gasteiger charge is -2.24. The maximum absolute atomic E-state index is 13.5. The maximum Gasteiger partial charge on any atom is 0.338 e. The smallest absolute Gasteiger partial charge is 0.338 e. The van der Waals surface area contributed by atoms with Crippen LogP contribution < -0.4 is 24.4 Å². The van der Waals surface area contributed by atoms with Crippen LogP contribution >= 0.6 is 27.3 Å². The standard InChI is InChI=1S/C22H17BrN2O6S/c1-3-28-21(27)18-11(2)24-22-25(19(18)12-4-6-14-15(8-12)30-10-29-14)20(26)16(32-22)9-13-5-7-17(23)31-13/h4-9,19H,3,10H2,1-2H3/b16-9-/t19-/m0/s1. The molecule has 0 spiro atoms. The first-order valence-electron chi connectivity index (χ1n) is 9.81. The van der Waals surface area contributed by atoms with E-state index in [1.165, 1.54) is 15.9 Å². The first-order valence-corrected chi connectivity index (χ1v) is 11.4. The number of aromatic nitrogens is 1. The predicted molar refractivity (Wildman–Crippen MR) is 119 cm³/mol. The summed E-state index contributed by atoms with van der Waals surface area (Å²) in [5.41, 5.74) is 1.23. The van der Waals surface area contributed by atoms with Crippen molar-refractivity contribution in [2.45, 2.75) is 19.9 Å². The molecule has 1 aromatic carbocycles. The van der Waals surface area contributed by atoms with Gasteiger partial charge in [0.15, 0.2) is 21.0 Å². The summed E-state index contributed by atoms with van der Waals surface area (Å²) in [6.45, 7) is 3.81. The number of thiazole rings is 1. The van der Waals surface area contributed by atoms with Crippen molar-refractivity contribution < 1.29 is 23.4 Å². The summed E-state index contributed by atoms with van der Waals surface area (Å²) >= 11 is 4.50. The van der Waals surface area contributed by atoms with Crippen LogP contribution in [0.3, 0.4) is 0 Å². The average Bonchev–Trinajstić information content (AvgIpc) is 3.46. The van der Waals surface area contributed by atoms with Gasteiger partial charge in [0.1, 0.15) is 5.76 Å². The van der Waals surface area contributed by atoms with Gasteiger partial charge in [-0.05, 0) is 59.6 Å². The van der Waals surface area contributed by atoms with Crippen LogP contribution in [-0.2, 0) is 9.53 Å². The molecular formula is C22H17BrN2O6S. The van der Waals surface area contributed by atoms with E-state index in [1.807, 2.05) is 6.07 Å². The summed E-state index contributed by atoms with van der Waals surface area (Å²) in [6.07, 6.45) is 1.66. The lowest BCUT2D eigenvalue weighted by Crippen LogP contribution is -2.39. The molecule has 0 bridgehead atoms. The third-order valence-corrected chi connectivity index (χ3v) is 6.51. The molecule has 0 saturated carbocycles. The van der Waals surface area contributed by atoms with E-state index in [4.69, 9.17) is 18.6 Å². The second kappa shape index (κ2) is 8.10.